The lowest BCUT2D eigenvalue weighted by Crippen LogP contribution is -2.32. The zero-order valence-electron chi connectivity index (χ0n) is 9.22. The number of carbonyl (C=O) groups is 1. The van der Waals surface area contributed by atoms with E-state index in [1.807, 2.05) is 0 Å². The largest absolute Gasteiger partial charge is 0.480 e. The molecule has 1 aromatic heterocycles. The number of nitrogens with two attached hydrogens (primary N) is 1. The van der Waals surface area contributed by atoms with Gasteiger partial charge >= 0.3 is 0 Å². The van der Waals surface area contributed by atoms with Crippen LogP contribution in [-0.2, 0) is 0 Å². The Kier molecular flexibility index (Phi) is 3.05. The van der Waals surface area contributed by atoms with Gasteiger partial charge in [0.2, 0.25) is 5.88 Å². The molecule has 16 heavy (non-hydrogen) atoms. The van der Waals surface area contributed by atoms with E-state index in [9.17, 15) is 4.79 Å². The fraction of sp³-hybridized carbons (Fsp3) is 0.455. The summed E-state index contributed by atoms with van der Waals surface area (Å²) in [7, 11) is 1.51. The highest BCUT2D eigenvalue weighted by molar-refractivity contribution is 5.96. The lowest BCUT2D eigenvalue weighted by Gasteiger charge is -2.16. The second kappa shape index (κ2) is 4.49. The number of methoxy groups -OCH3 is 1. The van der Waals surface area contributed by atoms with Gasteiger partial charge in [-0.2, -0.15) is 0 Å². The number of rotatable bonds is 2. The Bertz CT molecular complexity index is 395. The summed E-state index contributed by atoms with van der Waals surface area (Å²) in [5.74, 6) is 0.311. The molecule has 1 fully saturated rings. The molecule has 0 saturated carbocycles. The molecule has 1 aliphatic rings. The summed E-state index contributed by atoms with van der Waals surface area (Å²) in [6.07, 6.45) is 2.46. The van der Waals surface area contributed by atoms with Crippen molar-refractivity contribution >= 4 is 5.91 Å². The second-order valence-corrected chi connectivity index (χ2v) is 3.86. The van der Waals surface area contributed by atoms with Crippen molar-refractivity contribution < 1.29 is 9.53 Å². The second-order valence-electron chi connectivity index (χ2n) is 3.86. The molecular weight excluding hydrogens is 206 g/mol. The van der Waals surface area contributed by atoms with E-state index in [-0.39, 0.29) is 11.9 Å². The molecule has 2 heterocycles. The van der Waals surface area contributed by atoms with Crippen LogP contribution in [0.15, 0.2) is 18.3 Å². The highest BCUT2D eigenvalue weighted by atomic mass is 16.5. The van der Waals surface area contributed by atoms with Gasteiger partial charge in [-0.25, -0.2) is 4.98 Å². The van der Waals surface area contributed by atoms with Gasteiger partial charge in [0.25, 0.3) is 5.91 Å². The zero-order chi connectivity index (χ0) is 11.5. The van der Waals surface area contributed by atoms with Crippen molar-refractivity contribution in [3.05, 3.63) is 23.9 Å². The number of aromatic nitrogens is 1. The number of hydrogen-bond acceptors (Lipinski definition) is 4. The predicted octanol–water partition coefficient (Wildman–Crippen LogP) is 0.263. The Labute approximate surface area is 94.2 Å². The normalized spacial score (nSPS) is 19.9. The molecule has 1 unspecified atom stereocenters. The van der Waals surface area contributed by atoms with E-state index in [4.69, 9.17) is 10.5 Å². The summed E-state index contributed by atoms with van der Waals surface area (Å²) < 4.78 is 5.06. The van der Waals surface area contributed by atoms with Crippen molar-refractivity contribution in [3.8, 4) is 5.88 Å². The van der Waals surface area contributed by atoms with Gasteiger partial charge in [0, 0.05) is 25.3 Å². The van der Waals surface area contributed by atoms with Crippen LogP contribution in [-0.4, -0.2) is 42.0 Å². The number of pyridine rings is 1. The molecule has 0 bridgehead atoms. The molecule has 0 spiro atoms. The van der Waals surface area contributed by atoms with Gasteiger partial charge in [-0.05, 0) is 18.6 Å². The molecule has 5 heteroatoms. The van der Waals surface area contributed by atoms with Crippen LogP contribution >= 0.6 is 0 Å². The molecule has 1 atom stereocenters. The van der Waals surface area contributed by atoms with Crippen LogP contribution in [0.5, 0.6) is 5.88 Å². The maximum atomic E-state index is 12.1. The Hall–Kier alpha value is -1.62. The van der Waals surface area contributed by atoms with E-state index >= 15 is 0 Å². The first-order valence-corrected chi connectivity index (χ1v) is 5.26. The molecule has 1 aromatic rings. The maximum absolute atomic E-state index is 12.1. The first-order chi connectivity index (χ1) is 7.72. The van der Waals surface area contributed by atoms with Crippen molar-refractivity contribution in [1.29, 1.82) is 0 Å². The standard InChI is InChI=1S/C11H15N3O2/c1-16-10-9(3-2-5-13-10)11(15)14-6-4-8(12)7-14/h2-3,5,8H,4,6-7,12H2,1H3. The van der Waals surface area contributed by atoms with Gasteiger partial charge in [-0.1, -0.05) is 0 Å². The van der Waals surface area contributed by atoms with E-state index < -0.39 is 0 Å². The quantitative estimate of drug-likeness (QED) is 0.778. The van der Waals surface area contributed by atoms with E-state index in [0.717, 1.165) is 6.42 Å². The monoisotopic (exact) mass is 221 g/mol. The third-order valence-corrected chi connectivity index (χ3v) is 2.71. The van der Waals surface area contributed by atoms with Crippen LogP contribution in [0.3, 0.4) is 0 Å². The predicted molar refractivity (Wildman–Crippen MR) is 59.3 cm³/mol. The summed E-state index contributed by atoms with van der Waals surface area (Å²) in [5, 5.41) is 0. The minimum atomic E-state index is -0.0575. The Morgan fingerprint density at radius 2 is 2.50 bits per heavy atom. The van der Waals surface area contributed by atoms with Crippen molar-refractivity contribution in [2.75, 3.05) is 20.2 Å². The summed E-state index contributed by atoms with van der Waals surface area (Å²) in [6.45, 7) is 1.31. The van der Waals surface area contributed by atoms with Crippen LogP contribution in [0.1, 0.15) is 16.8 Å². The van der Waals surface area contributed by atoms with Crippen molar-refractivity contribution in [1.82, 2.24) is 9.88 Å². The molecule has 86 valence electrons. The number of nitrogens with zero attached hydrogens (tertiary/aromatic N) is 2. The van der Waals surface area contributed by atoms with E-state index in [1.165, 1.54) is 7.11 Å². The van der Waals surface area contributed by atoms with Crippen LogP contribution in [0.25, 0.3) is 0 Å². The van der Waals surface area contributed by atoms with Crippen LogP contribution in [0, 0.1) is 0 Å². The van der Waals surface area contributed by atoms with Crippen molar-refractivity contribution in [2.24, 2.45) is 5.73 Å². The molecule has 1 aliphatic heterocycles. The molecule has 0 radical (unpaired) electrons. The summed E-state index contributed by atoms with van der Waals surface area (Å²) in [5.41, 5.74) is 6.27. The molecular formula is C11H15N3O2. The molecule has 2 rings (SSSR count). The van der Waals surface area contributed by atoms with Crippen LogP contribution in [0.4, 0.5) is 0 Å². The first-order valence-electron chi connectivity index (χ1n) is 5.26. The topological polar surface area (TPSA) is 68.5 Å². The number of amides is 1. The molecule has 1 saturated heterocycles. The average molecular weight is 221 g/mol. The van der Waals surface area contributed by atoms with Crippen LogP contribution < -0.4 is 10.5 Å². The van der Waals surface area contributed by atoms with Gasteiger partial charge in [-0.3, -0.25) is 4.79 Å². The molecule has 2 N–H and O–H groups in total. The molecule has 1 amide bonds. The third kappa shape index (κ3) is 1.99. The molecule has 0 aliphatic carbocycles. The Morgan fingerprint density at radius 3 is 3.12 bits per heavy atom. The summed E-state index contributed by atoms with van der Waals surface area (Å²) in [6, 6.07) is 3.54. The van der Waals surface area contributed by atoms with Gasteiger partial charge in [0.15, 0.2) is 0 Å². The highest BCUT2D eigenvalue weighted by Crippen LogP contribution is 2.18. The van der Waals surface area contributed by atoms with Gasteiger partial charge < -0.3 is 15.4 Å². The number of carbonyl (C=O) groups excluding carboxylic acids is 1. The Balaban J connectivity index is 2.20. The maximum Gasteiger partial charge on any atom is 0.259 e. The fourth-order valence-corrected chi connectivity index (χ4v) is 1.86. The molecule has 0 aromatic carbocycles. The van der Waals surface area contributed by atoms with Gasteiger partial charge in [0.1, 0.15) is 5.56 Å². The fourth-order valence-electron chi connectivity index (χ4n) is 1.86. The number of hydrogen-bond donors (Lipinski definition) is 1. The Morgan fingerprint density at radius 1 is 1.69 bits per heavy atom. The highest BCUT2D eigenvalue weighted by Gasteiger charge is 2.26. The number of likely N-dealkylation sites (tertiary alicyclic amines) is 1. The lowest BCUT2D eigenvalue weighted by atomic mass is 10.2. The van der Waals surface area contributed by atoms with Gasteiger partial charge in [0.05, 0.1) is 7.11 Å². The average Bonchev–Trinajstić information content (AvgIpc) is 2.75. The van der Waals surface area contributed by atoms with E-state index in [0.29, 0.717) is 24.5 Å². The van der Waals surface area contributed by atoms with Crippen molar-refractivity contribution in [2.45, 2.75) is 12.5 Å². The minimum Gasteiger partial charge on any atom is -0.480 e. The minimum absolute atomic E-state index is 0.0575. The van der Waals surface area contributed by atoms with E-state index in [2.05, 4.69) is 4.98 Å². The molecule has 5 nitrogen and oxygen atoms in total. The zero-order valence-corrected chi connectivity index (χ0v) is 9.22. The smallest absolute Gasteiger partial charge is 0.259 e. The van der Waals surface area contributed by atoms with Crippen LogP contribution in [0.2, 0.25) is 0 Å². The van der Waals surface area contributed by atoms with E-state index in [1.54, 1.807) is 23.2 Å². The van der Waals surface area contributed by atoms with Crippen molar-refractivity contribution in [3.63, 3.8) is 0 Å². The SMILES string of the molecule is COc1ncccc1C(=O)N1CCC(N)C1. The first kappa shape index (κ1) is 10.9. The number of ether oxygens (including phenoxy) is 1. The van der Waals surface area contributed by atoms with Gasteiger partial charge in [-0.15, -0.1) is 0 Å². The lowest BCUT2D eigenvalue weighted by molar-refractivity contribution is 0.0786. The summed E-state index contributed by atoms with van der Waals surface area (Å²) in [4.78, 5) is 17.9. The summed E-state index contributed by atoms with van der Waals surface area (Å²) >= 11 is 0. The third-order valence-electron chi connectivity index (χ3n) is 2.71.